The fourth-order valence-corrected chi connectivity index (χ4v) is 3.75. The van der Waals surface area contributed by atoms with Crippen LogP contribution in [0.1, 0.15) is 6.92 Å². The van der Waals surface area contributed by atoms with Gasteiger partial charge in [0.25, 0.3) is 0 Å². The van der Waals surface area contributed by atoms with E-state index in [4.69, 9.17) is 23.2 Å². The fourth-order valence-electron chi connectivity index (χ4n) is 1.42. The van der Waals surface area contributed by atoms with Gasteiger partial charge in [-0.05, 0) is 13.0 Å². The molecule has 0 aliphatic carbocycles. The summed E-state index contributed by atoms with van der Waals surface area (Å²) in [6, 6.07) is 1.52. The van der Waals surface area contributed by atoms with E-state index in [1.54, 1.807) is 13.0 Å². The summed E-state index contributed by atoms with van der Waals surface area (Å²) in [6.07, 6.45) is 3.15. The number of carbonyl (C=O) groups excluding carboxylic acids is 1. The third kappa shape index (κ3) is 5.35. The van der Waals surface area contributed by atoms with Crippen molar-refractivity contribution in [1.29, 1.82) is 0 Å². The van der Waals surface area contributed by atoms with Gasteiger partial charge in [-0.25, -0.2) is 4.98 Å². The van der Waals surface area contributed by atoms with Crippen LogP contribution >= 0.6 is 46.3 Å². The zero-order valence-corrected chi connectivity index (χ0v) is 15.2. The van der Waals surface area contributed by atoms with Crippen LogP contribution in [0, 0.1) is 0 Å². The van der Waals surface area contributed by atoms with Gasteiger partial charge in [-0.15, -0.1) is 16.8 Å². The minimum absolute atomic E-state index is 0.234. The second kappa shape index (κ2) is 8.49. The molecule has 2 rings (SSSR count). The Morgan fingerprint density at radius 1 is 1.52 bits per heavy atom. The van der Waals surface area contributed by atoms with Crippen molar-refractivity contribution in [3.05, 3.63) is 35.0 Å². The van der Waals surface area contributed by atoms with Crippen molar-refractivity contribution < 1.29 is 4.79 Å². The van der Waals surface area contributed by atoms with Crippen molar-refractivity contribution >= 4 is 63.2 Å². The molecule has 0 radical (unpaired) electrons. The molecule has 122 valence electrons. The third-order valence-corrected chi connectivity index (χ3v) is 5.06. The molecule has 10 heteroatoms. The Morgan fingerprint density at radius 2 is 2.30 bits per heavy atom. The summed E-state index contributed by atoms with van der Waals surface area (Å²) in [6.45, 7) is 5.99. The first kappa shape index (κ1) is 18.0. The minimum atomic E-state index is -0.385. The highest BCUT2D eigenvalue weighted by molar-refractivity contribution is 8.02. The van der Waals surface area contributed by atoms with Gasteiger partial charge in [0.15, 0.2) is 10.2 Å². The first-order chi connectivity index (χ1) is 11.0. The van der Waals surface area contributed by atoms with Crippen LogP contribution in [-0.2, 0) is 4.79 Å². The summed E-state index contributed by atoms with van der Waals surface area (Å²) in [4.78, 5) is 16.2. The predicted octanol–water partition coefficient (Wildman–Crippen LogP) is 3.96. The molecule has 0 saturated carbocycles. The van der Waals surface area contributed by atoms with Crippen LogP contribution in [0.2, 0.25) is 10.0 Å². The van der Waals surface area contributed by atoms with Gasteiger partial charge in [0, 0.05) is 12.7 Å². The highest BCUT2D eigenvalue weighted by Crippen LogP contribution is 2.30. The van der Waals surface area contributed by atoms with Gasteiger partial charge in [0.05, 0.1) is 15.3 Å². The Morgan fingerprint density at radius 3 is 3.00 bits per heavy atom. The summed E-state index contributed by atoms with van der Waals surface area (Å²) in [7, 11) is 0. The molecular weight excluding hydrogens is 377 g/mol. The molecule has 2 N–H and O–H groups in total. The maximum absolute atomic E-state index is 12.2. The molecule has 2 aromatic heterocycles. The van der Waals surface area contributed by atoms with Gasteiger partial charge in [-0.1, -0.05) is 52.4 Å². The lowest BCUT2D eigenvalue weighted by molar-refractivity contribution is -0.115. The second-order valence-electron chi connectivity index (χ2n) is 4.28. The number of pyridine rings is 1. The third-order valence-electron chi connectivity index (χ3n) is 2.50. The second-order valence-corrected chi connectivity index (χ2v) is 7.69. The molecule has 6 nitrogen and oxygen atoms in total. The summed E-state index contributed by atoms with van der Waals surface area (Å²) in [5, 5.41) is 14.7. The van der Waals surface area contributed by atoms with Crippen LogP contribution in [0.3, 0.4) is 0 Å². The summed E-state index contributed by atoms with van der Waals surface area (Å²) >= 11 is 14.4. The first-order valence-electron chi connectivity index (χ1n) is 6.46. The smallest absolute Gasteiger partial charge is 0.238 e. The summed E-state index contributed by atoms with van der Waals surface area (Å²) in [5.41, 5.74) is 0. The summed E-state index contributed by atoms with van der Waals surface area (Å²) < 4.78 is 0.689. The SMILES string of the molecule is C=CCNc1nnc(S[C@@H](C)C(=O)Nc2ncc(Cl)cc2Cl)s1. The quantitative estimate of drug-likeness (QED) is 0.550. The van der Waals surface area contributed by atoms with Crippen LogP contribution in [0.5, 0.6) is 0 Å². The zero-order chi connectivity index (χ0) is 16.8. The number of thioether (sulfide) groups is 1. The molecule has 0 aromatic carbocycles. The number of nitrogens with zero attached hydrogens (tertiary/aromatic N) is 3. The lowest BCUT2D eigenvalue weighted by atomic mass is 10.4. The normalized spacial score (nSPS) is 11.8. The van der Waals surface area contributed by atoms with Crippen molar-refractivity contribution in [1.82, 2.24) is 15.2 Å². The molecule has 2 aromatic rings. The lowest BCUT2D eigenvalue weighted by Crippen LogP contribution is -2.23. The average Bonchev–Trinajstić information content (AvgIpc) is 2.95. The molecular formula is C13H13Cl2N5OS2. The minimum Gasteiger partial charge on any atom is -0.357 e. The molecule has 1 atom stereocenters. The number of nitrogens with one attached hydrogen (secondary N) is 2. The Hall–Kier alpha value is -1.35. The van der Waals surface area contributed by atoms with Gasteiger partial charge >= 0.3 is 0 Å². The standard InChI is InChI=1S/C13H13Cl2N5OS2/c1-3-4-16-12-19-20-13(23-12)22-7(2)11(21)18-10-9(15)5-8(14)6-17-10/h3,5-7H,1,4H2,2H3,(H,16,19)(H,17,18,21)/t7-/m0/s1. The number of amides is 1. The topological polar surface area (TPSA) is 79.8 Å². The largest absolute Gasteiger partial charge is 0.357 e. The van der Waals surface area contributed by atoms with Gasteiger partial charge in [-0.3, -0.25) is 4.79 Å². The Balaban J connectivity index is 1.94. The highest BCUT2D eigenvalue weighted by Gasteiger charge is 2.18. The van der Waals surface area contributed by atoms with E-state index < -0.39 is 0 Å². The maximum Gasteiger partial charge on any atom is 0.238 e. The van der Waals surface area contributed by atoms with Gasteiger partial charge in [0.1, 0.15) is 0 Å². The van der Waals surface area contributed by atoms with Crippen LogP contribution in [-0.4, -0.2) is 32.9 Å². The predicted molar refractivity (Wildman–Crippen MR) is 96.8 cm³/mol. The number of carbonyl (C=O) groups is 1. The van der Waals surface area contributed by atoms with Crippen LogP contribution in [0.4, 0.5) is 10.9 Å². The molecule has 1 amide bonds. The maximum atomic E-state index is 12.2. The van der Waals surface area contributed by atoms with Crippen molar-refractivity contribution in [2.24, 2.45) is 0 Å². The van der Waals surface area contributed by atoms with Crippen LogP contribution in [0.15, 0.2) is 29.3 Å². The molecule has 0 unspecified atom stereocenters. The van der Waals surface area contributed by atoms with Crippen molar-refractivity contribution in [3.8, 4) is 0 Å². The van der Waals surface area contributed by atoms with Crippen molar-refractivity contribution in [3.63, 3.8) is 0 Å². The fraction of sp³-hybridized carbons (Fsp3) is 0.231. The van der Waals surface area contributed by atoms with E-state index in [1.807, 2.05) is 0 Å². The molecule has 0 bridgehead atoms. The Kier molecular flexibility index (Phi) is 6.64. The lowest BCUT2D eigenvalue weighted by Gasteiger charge is -2.10. The van der Waals surface area contributed by atoms with Gasteiger partial charge in [0.2, 0.25) is 11.0 Å². The van der Waals surface area contributed by atoms with Crippen LogP contribution < -0.4 is 10.6 Å². The number of anilines is 2. The molecule has 23 heavy (non-hydrogen) atoms. The van der Waals surface area contributed by atoms with Crippen LogP contribution in [0.25, 0.3) is 0 Å². The molecule has 0 spiro atoms. The average molecular weight is 390 g/mol. The number of rotatable bonds is 7. The molecule has 2 heterocycles. The zero-order valence-electron chi connectivity index (χ0n) is 12.0. The van der Waals surface area contributed by atoms with E-state index in [1.165, 1.54) is 35.4 Å². The van der Waals surface area contributed by atoms with E-state index in [2.05, 4.69) is 32.4 Å². The highest BCUT2D eigenvalue weighted by atomic mass is 35.5. The van der Waals surface area contributed by atoms with E-state index in [9.17, 15) is 4.79 Å². The Labute approximate surface area is 151 Å². The number of hydrogen-bond acceptors (Lipinski definition) is 7. The molecule has 0 saturated heterocycles. The van der Waals surface area contributed by atoms with E-state index in [0.29, 0.717) is 21.0 Å². The monoisotopic (exact) mass is 389 g/mol. The van der Waals surface area contributed by atoms with E-state index in [-0.39, 0.29) is 22.0 Å². The summed E-state index contributed by atoms with van der Waals surface area (Å²) in [5.74, 6) is 0.0432. The first-order valence-corrected chi connectivity index (χ1v) is 8.91. The van der Waals surface area contributed by atoms with Gasteiger partial charge in [-0.2, -0.15) is 0 Å². The van der Waals surface area contributed by atoms with E-state index >= 15 is 0 Å². The number of halogens is 2. The molecule has 0 aliphatic rings. The molecule has 0 aliphatic heterocycles. The van der Waals surface area contributed by atoms with Gasteiger partial charge < -0.3 is 10.6 Å². The Bertz CT molecular complexity index is 709. The van der Waals surface area contributed by atoms with Crippen molar-refractivity contribution in [2.75, 3.05) is 17.2 Å². The number of aromatic nitrogens is 3. The van der Waals surface area contributed by atoms with Crippen molar-refractivity contribution in [2.45, 2.75) is 16.5 Å². The number of hydrogen-bond donors (Lipinski definition) is 2. The van der Waals surface area contributed by atoms with E-state index in [0.717, 1.165) is 0 Å². The molecule has 0 fully saturated rings.